The Morgan fingerprint density at radius 1 is 1.03 bits per heavy atom. The maximum atomic E-state index is 13.1. The van der Waals surface area contributed by atoms with E-state index in [0.717, 1.165) is 41.3 Å². The fraction of sp³-hybridized carbons (Fsp3) is 0.250. The Hall–Kier alpha value is -4.57. The number of nitrogens with two attached hydrogens (primary N) is 1. The largest absolute Gasteiger partial charge is 0.378 e. The van der Waals surface area contributed by atoms with Crippen molar-refractivity contribution < 1.29 is 14.3 Å². The Morgan fingerprint density at radius 2 is 1.76 bits per heavy atom. The van der Waals surface area contributed by atoms with Crippen LogP contribution in [0.1, 0.15) is 22.3 Å². The zero-order valence-corrected chi connectivity index (χ0v) is 21.0. The minimum atomic E-state index is -0.294. The first-order valence-electron chi connectivity index (χ1n) is 12.4. The third kappa shape index (κ3) is 5.70. The third-order valence-corrected chi connectivity index (χ3v) is 6.57. The first kappa shape index (κ1) is 25.1. The maximum Gasteiger partial charge on any atom is 0.254 e. The molecule has 5 rings (SSSR count). The van der Waals surface area contributed by atoms with E-state index in [1.165, 1.54) is 6.08 Å². The summed E-state index contributed by atoms with van der Waals surface area (Å²) in [6, 6.07) is 11.0. The number of amides is 2. The molecule has 3 aromatic rings. The first-order chi connectivity index (χ1) is 18.5. The van der Waals surface area contributed by atoms with Gasteiger partial charge in [0.2, 0.25) is 11.9 Å². The van der Waals surface area contributed by atoms with Gasteiger partial charge in [0.1, 0.15) is 5.82 Å². The number of rotatable bonds is 6. The Bertz CT molecular complexity index is 1360. The molecule has 0 saturated carbocycles. The zero-order chi connectivity index (χ0) is 26.5. The van der Waals surface area contributed by atoms with E-state index in [0.29, 0.717) is 44.0 Å². The molecule has 1 aromatic carbocycles. The van der Waals surface area contributed by atoms with E-state index in [9.17, 15) is 9.59 Å². The summed E-state index contributed by atoms with van der Waals surface area (Å²) in [5, 5.41) is 2.69. The van der Waals surface area contributed by atoms with Crippen LogP contribution in [0.4, 0.5) is 17.5 Å². The predicted octanol–water partition coefficient (Wildman–Crippen LogP) is 3.01. The van der Waals surface area contributed by atoms with Gasteiger partial charge in [-0.2, -0.15) is 0 Å². The normalized spacial score (nSPS) is 15.5. The molecule has 0 aliphatic carbocycles. The number of benzene rings is 1. The van der Waals surface area contributed by atoms with E-state index in [1.807, 2.05) is 11.0 Å². The molecule has 2 amide bonds. The number of aromatic nitrogens is 3. The van der Waals surface area contributed by atoms with E-state index in [-0.39, 0.29) is 17.8 Å². The number of hydrogen-bond acceptors (Lipinski definition) is 8. The summed E-state index contributed by atoms with van der Waals surface area (Å²) in [7, 11) is 0. The van der Waals surface area contributed by atoms with E-state index in [2.05, 4.69) is 38.9 Å². The molecule has 2 aromatic heterocycles. The second-order valence-electron chi connectivity index (χ2n) is 9.03. The SMILES string of the molecule is C=CC(=O)Nc1ccc(C(=O)N2CC=C(c3cc(-c4cnc(N)nc4)nc(N4CCOCC4)c3)CC2)cc1. The quantitative estimate of drug-likeness (QED) is 0.484. The van der Waals surface area contributed by atoms with Crippen molar-refractivity contribution >= 4 is 34.8 Å². The molecule has 2 aliphatic rings. The van der Waals surface area contributed by atoms with Gasteiger partial charge < -0.3 is 25.6 Å². The molecule has 10 heteroatoms. The lowest BCUT2D eigenvalue weighted by atomic mass is 9.98. The lowest BCUT2D eigenvalue weighted by Crippen LogP contribution is -2.37. The van der Waals surface area contributed by atoms with E-state index in [4.69, 9.17) is 15.5 Å². The van der Waals surface area contributed by atoms with Crippen LogP contribution in [0, 0.1) is 0 Å². The van der Waals surface area contributed by atoms with Crippen molar-refractivity contribution in [1.82, 2.24) is 19.9 Å². The van der Waals surface area contributed by atoms with E-state index >= 15 is 0 Å². The van der Waals surface area contributed by atoms with Crippen molar-refractivity contribution in [3.8, 4) is 11.3 Å². The molecule has 1 fully saturated rings. The van der Waals surface area contributed by atoms with Gasteiger partial charge in [-0.1, -0.05) is 12.7 Å². The van der Waals surface area contributed by atoms with Gasteiger partial charge in [0.15, 0.2) is 0 Å². The van der Waals surface area contributed by atoms with Crippen LogP contribution in [-0.4, -0.2) is 71.1 Å². The lowest BCUT2D eigenvalue weighted by Gasteiger charge is -2.30. The minimum absolute atomic E-state index is 0.0506. The van der Waals surface area contributed by atoms with Crippen LogP contribution < -0.4 is 16.0 Å². The van der Waals surface area contributed by atoms with Crippen molar-refractivity contribution in [1.29, 1.82) is 0 Å². The monoisotopic (exact) mass is 511 g/mol. The van der Waals surface area contributed by atoms with E-state index in [1.54, 1.807) is 36.7 Å². The molecule has 0 bridgehead atoms. The number of carbonyl (C=O) groups is 2. The number of nitrogens with zero attached hydrogens (tertiary/aromatic N) is 5. The summed E-state index contributed by atoms with van der Waals surface area (Å²) in [6.07, 6.45) is 7.38. The third-order valence-electron chi connectivity index (χ3n) is 6.57. The first-order valence-corrected chi connectivity index (χ1v) is 12.4. The van der Waals surface area contributed by atoms with Crippen molar-refractivity contribution in [3.63, 3.8) is 0 Å². The fourth-order valence-electron chi connectivity index (χ4n) is 4.46. The zero-order valence-electron chi connectivity index (χ0n) is 21.0. The molecule has 2 aliphatic heterocycles. The Kier molecular flexibility index (Phi) is 7.41. The van der Waals surface area contributed by atoms with Crippen LogP contribution in [-0.2, 0) is 9.53 Å². The van der Waals surface area contributed by atoms with Gasteiger partial charge in [-0.15, -0.1) is 0 Å². The Morgan fingerprint density at radius 3 is 2.42 bits per heavy atom. The second kappa shape index (κ2) is 11.2. The minimum Gasteiger partial charge on any atom is -0.378 e. The number of pyridine rings is 1. The molecule has 0 spiro atoms. The highest BCUT2D eigenvalue weighted by Crippen LogP contribution is 2.30. The van der Waals surface area contributed by atoms with Gasteiger partial charge in [-0.05, 0) is 60.0 Å². The molecule has 1 saturated heterocycles. The Balaban J connectivity index is 1.36. The van der Waals surface area contributed by atoms with Gasteiger partial charge >= 0.3 is 0 Å². The highest BCUT2D eigenvalue weighted by atomic mass is 16.5. The van der Waals surface area contributed by atoms with Crippen LogP contribution in [0.15, 0.2) is 67.5 Å². The molecule has 0 unspecified atom stereocenters. The molecular weight excluding hydrogens is 482 g/mol. The summed E-state index contributed by atoms with van der Waals surface area (Å²) in [5.74, 6) is 0.748. The number of carbonyl (C=O) groups excluding carboxylic acids is 2. The van der Waals surface area contributed by atoms with E-state index < -0.39 is 0 Å². The molecular formula is C28H29N7O3. The number of nitrogens with one attached hydrogen (secondary N) is 1. The van der Waals surface area contributed by atoms with Gasteiger partial charge in [0.25, 0.3) is 5.91 Å². The number of anilines is 3. The average Bonchev–Trinajstić information content (AvgIpc) is 2.98. The molecule has 38 heavy (non-hydrogen) atoms. The van der Waals surface area contributed by atoms with Crippen molar-refractivity contribution in [2.24, 2.45) is 0 Å². The summed E-state index contributed by atoms with van der Waals surface area (Å²) in [5.41, 5.74) is 10.6. The van der Waals surface area contributed by atoms with Crippen LogP contribution in [0.3, 0.4) is 0 Å². The molecule has 194 valence electrons. The van der Waals surface area contributed by atoms with Gasteiger partial charge in [-0.25, -0.2) is 15.0 Å². The lowest BCUT2D eigenvalue weighted by molar-refractivity contribution is -0.111. The average molecular weight is 512 g/mol. The number of nitrogen functional groups attached to an aromatic ring is 1. The van der Waals surface area contributed by atoms with Crippen LogP contribution in [0.2, 0.25) is 0 Å². The molecule has 10 nitrogen and oxygen atoms in total. The summed E-state index contributed by atoms with van der Waals surface area (Å²) < 4.78 is 5.52. The summed E-state index contributed by atoms with van der Waals surface area (Å²) >= 11 is 0. The standard InChI is InChI=1S/C28H29N7O3/c1-2-26(36)32-23-5-3-20(4-6-23)27(37)35-9-7-19(8-10-35)21-15-24(22-17-30-28(29)31-18-22)33-25(16-21)34-11-13-38-14-12-34/h2-7,15-18H,1,8-14H2,(H,32,36)(H2,29,30,31). The van der Waals surface area contributed by atoms with Crippen molar-refractivity contribution in [2.45, 2.75) is 6.42 Å². The van der Waals surface area contributed by atoms with Crippen molar-refractivity contribution in [2.75, 3.05) is 55.3 Å². The van der Waals surface area contributed by atoms with Gasteiger partial charge in [0, 0.05) is 55.4 Å². The maximum absolute atomic E-state index is 13.1. The number of hydrogen-bond donors (Lipinski definition) is 2. The molecule has 4 heterocycles. The Labute approximate surface area is 220 Å². The van der Waals surface area contributed by atoms with Crippen LogP contribution in [0.5, 0.6) is 0 Å². The highest BCUT2D eigenvalue weighted by Gasteiger charge is 2.22. The van der Waals surface area contributed by atoms with Crippen LogP contribution >= 0.6 is 0 Å². The van der Waals surface area contributed by atoms with Gasteiger partial charge in [-0.3, -0.25) is 9.59 Å². The topological polar surface area (TPSA) is 127 Å². The molecule has 0 radical (unpaired) electrons. The smallest absolute Gasteiger partial charge is 0.254 e. The predicted molar refractivity (Wildman–Crippen MR) is 146 cm³/mol. The highest BCUT2D eigenvalue weighted by molar-refractivity contribution is 6.00. The molecule has 3 N–H and O–H groups in total. The van der Waals surface area contributed by atoms with Crippen LogP contribution in [0.25, 0.3) is 16.8 Å². The fourth-order valence-corrected chi connectivity index (χ4v) is 4.46. The number of ether oxygens (including phenoxy) is 1. The number of morpholine rings is 1. The van der Waals surface area contributed by atoms with Crippen molar-refractivity contribution in [3.05, 3.63) is 78.6 Å². The van der Waals surface area contributed by atoms with Gasteiger partial charge in [0.05, 0.1) is 18.9 Å². The molecule has 0 atom stereocenters. The summed E-state index contributed by atoms with van der Waals surface area (Å²) in [6.45, 7) is 7.39. The summed E-state index contributed by atoms with van der Waals surface area (Å²) in [4.78, 5) is 41.8. The second-order valence-corrected chi connectivity index (χ2v) is 9.03.